The molecule has 0 saturated carbocycles. The normalized spacial score (nSPS) is 12.7. The lowest BCUT2D eigenvalue weighted by molar-refractivity contribution is 0.182. The van der Waals surface area contributed by atoms with Gasteiger partial charge in [0.05, 0.1) is 6.10 Å². The first-order valence-corrected chi connectivity index (χ1v) is 5.90. The van der Waals surface area contributed by atoms with E-state index in [4.69, 9.17) is 0 Å². The maximum atomic E-state index is 9.96. The third-order valence-corrected chi connectivity index (χ3v) is 3.36. The summed E-state index contributed by atoms with van der Waals surface area (Å²) >= 11 is 1.60. The zero-order valence-electron chi connectivity index (χ0n) is 8.68. The highest BCUT2D eigenvalue weighted by Crippen LogP contribution is 2.22. The molecule has 2 aromatic rings. The van der Waals surface area contributed by atoms with Crippen LogP contribution in [0.15, 0.2) is 41.8 Å². The zero-order valence-corrected chi connectivity index (χ0v) is 9.50. The number of hydrogen-bond acceptors (Lipinski definition) is 2. The van der Waals surface area contributed by atoms with Crippen molar-refractivity contribution in [3.05, 3.63) is 57.8 Å². The molecule has 78 valence electrons. The van der Waals surface area contributed by atoms with Crippen molar-refractivity contribution in [2.24, 2.45) is 0 Å². The molecule has 0 fully saturated rings. The molecule has 0 bridgehead atoms. The lowest BCUT2D eigenvalue weighted by atomic mass is 10.0. The Hall–Kier alpha value is -1.12. The molecule has 0 radical (unpaired) electrons. The van der Waals surface area contributed by atoms with Crippen LogP contribution in [0.25, 0.3) is 0 Å². The number of hydrogen-bond donors (Lipinski definition) is 1. The summed E-state index contributed by atoms with van der Waals surface area (Å²) in [4.78, 5) is 1.04. The average molecular weight is 218 g/mol. The van der Waals surface area contributed by atoms with Gasteiger partial charge in [0.1, 0.15) is 0 Å². The molecule has 0 aliphatic heterocycles. The van der Waals surface area contributed by atoms with Crippen molar-refractivity contribution >= 4 is 11.3 Å². The number of benzene rings is 1. The van der Waals surface area contributed by atoms with Crippen LogP contribution in [0, 0.1) is 6.92 Å². The van der Waals surface area contributed by atoms with Gasteiger partial charge in [0, 0.05) is 11.3 Å². The Morgan fingerprint density at radius 2 is 2.13 bits per heavy atom. The van der Waals surface area contributed by atoms with Gasteiger partial charge < -0.3 is 5.11 Å². The molecule has 1 heterocycles. The Morgan fingerprint density at radius 3 is 2.80 bits per heavy atom. The number of aliphatic hydroxyl groups is 1. The van der Waals surface area contributed by atoms with Crippen LogP contribution in [0.2, 0.25) is 0 Å². The van der Waals surface area contributed by atoms with Gasteiger partial charge in [0.25, 0.3) is 0 Å². The standard InChI is InChI=1S/C13H14OS/c1-10-4-2-5-11(8-10)9-12(14)13-6-3-7-15-13/h2-8,12,14H,9H2,1H3. The van der Waals surface area contributed by atoms with Crippen LogP contribution in [0.5, 0.6) is 0 Å². The van der Waals surface area contributed by atoms with Crippen molar-refractivity contribution < 1.29 is 5.11 Å². The lowest BCUT2D eigenvalue weighted by Gasteiger charge is -2.08. The van der Waals surface area contributed by atoms with Gasteiger partial charge in [0.15, 0.2) is 0 Å². The molecule has 0 aliphatic rings. The Morgan fingerprint density at radius 1 is 1.27 bits per heavy atom. The molecule has 1 aromatic heterocycles. The Bertz CT molecular complexity index is 420. The molecule has 1 aromatic carbocycles. The number of rotatable bonds is 3. The minimum absolute atomic E-state index is 0.369. The summed E-state index contributed by atoms with van der Waals surface area (Å²) in [5, 5.41) is 12.0. The lowest BCUT2D eigenvalue weighted by Crippen LogP contribution is -1.99. The van der Waals surface area contributed by atoms with Gasteiger partial charge in [-0.3, -0.25) is 0 Å². The average Bonchev–Trinajstić information content (AvgIpc) is 2.70. The molecule has 0 spiro atoms. The highest BCUT2D eigenvalue weighted by Gasteiger charge is 2.08. The van der Waals surface area contributed by atoms with Crippen molar-refractivity contribution in [1.29, 1.82) is 0 Å². The minimum Gasteiger partial charge on any atom is -0.387 e. The molecular formula is C13H14OS. The van der Waals surface area contributed by atoms with E-state index in [1.165, 1.54) is 11.1 Å². The van der Waals surface area contributed by atoms with E-state index in [9.17, 15) is 5.11 Å². The smallest absolute Gasteiger partial charge is 0.0922 e. The maximum absolute atomic E-state index is 9.96. The molecule has 2 rings (SSSR count). The van der Waals surface area contributed by atoms with Crippen LogP contribution < -0.4 is 0 Å². The van der Waals surface area contributed by atoms with Crippen LogP contribution in [0.3, 0.4) is 0 Å². The largest absolute Gasteiger partial charge is 0.387 e. The first-order valence-electron chi connectivity index (χ1n) is 5.03. The molecule has 1 N–H and O–H groups in total. The van der Waals surface area contributed by atoms with Gasteiger partial charge in [0.2, 0.25) is 0 Å². The van der Waals surface area contributed by atoms with E-state index in [2.05, 4.69) is 25.1 Å². The molecule has 1 nitrogen and oxygen atoms in total. The molecule has 2 heteroatoms. The third-order valence-electron chi connectivity index (χ3n) is 2.38. The fraction of sp³-hybridized carbons (Fsp3) is 0.231. The Kier molecular flexibility index (Phi) is 3.19. The van der Waals surface area contributed by atoms with Crippen molar-refractivity contribution in [1.82, 2.24) is 0 Å². The fourth-order valence-corrected chi connectivity index (χ4v) is 2.36. The highest BCUT2D eigenvalue weighted by molar-refractivity contribution is 7.10. The Labute approximate surface area is 94.0 Å². The van der Waals surface area contributed by atoms with Crippen molar-refractivity contribution in [2.45, 2.75) is 19.4 Å². The number of aliphatic hydroxyl groups excluding tert-OH is 1. The molecule has 0 aliphatic carbocycles. The first-order chi connectivity index (χ1) is 7.25. The van der Waals surface area contributed by atoms with Gasteiger partial charge in [-0.15, -0.1) is 11.3 Å². The monoisotopic (exact) mass is 218 g/mol. The summed E-state index contributed by atoms with van der Waals surface area (Å²) in [6.07, 6.45) is 0.328. The van der Waals surface area contributed by atoms with Crippen LogP contribution >= 0.6 is 11.3 Å². The topological polar surface area (TPSA) is 20.2 Å². The summed E-state index contributed by atoms with van der Waals surface area (Å²) in [7, 11) is 0. The van der Waals surface area contributed by atoms with E-state index in [0.29, 0.717) is 6.42 Å². The summed E-state index contributed by atoms with van der Waals surface area (Å²) in [5.41, 5.74) is 2.43. The van der Waals surface area contributed by atoms with Gasteiger partial charge in [-0.2, -0.15) is 0 Å². The maximum Gasteiger partial charge on any atom is 0.0922 e. The fourth-order valence-electron chi connectivity index (χ4n) is 1.64. The van der Waals surface area contributed by atoms with E-state index < -0.39 is 0 Å². The molecule has 0 amide bonds. The number of aryl methyl sites for hydroxylation is 1. The minimum atomic E-state index is -0.369. The number of thiophene rings is 1. The van der Waals surface area contributed by atoms with Gasteiger partial charge in [-0.05, 0) is 23.9 Å². The van der Waals surface area contributed by atoms with Crippen LogP contribution in [-0.4, -0.2) is 5.11 Å². The van der Waals surface area contributed by atoms with E-state index >= 15 is 0 Å². The van der Waals surface area contributed by atoms with Crippen molar-refractivity contribution in [2.75, 3.05) is 0 Å². The summed E-state index contributed by atoms with van der Waals surface area (Å²) in [5.74, 6) is 0. The second-order valence-corrected chi connectivity index (χ2v) is 4.70. The van der Waals surface area contributed by atoms with Crippen LogP contribution in [0.1, 0.15) is 22.1 Å². The molecule has 15 heavy (non-hydrogen) atoms. The molecule has 0 saturated heterocycles. The van der Waals surface area contributed by atoms with Crippen LogP contribution in [-0.2, 0) is 6.42 Å². The SMILES string of the molecule is Cc1cccc(CC(O)c2cccs2)c1. The first kappa shape index (κ1) is 10.4. The summed E-state index contributed by atoms with van der Waals surface area (Å²) in [6, 6.07) is 12.2. The predicted molar refractivity (Wildman–Crippen MR) is 64.2 cm³/mol. The van der Waals surface area contributed by atoms with Gasteiger partial charge >= 0.3 is 0 Å². The molecule has 1 atom stereocenters. The van der Waals surface area contributed by atoms with E-state index in [-0.39, 0.29) is 6.10 Å². The third kappa shape index (κ3) is 2.67. The molecular weight excluding hydrogens is 204 g/mol. The summed E-state index contributed by atoms with van der Waals surface area (Å²) in [6.45, 7) is 2.07. The summed E-state index contributed by atoms with van der Waals surface area (Å²) < 4.78 is 0. The van der Waals surface area contributed by atoms with Crippen LogP contribution in [0.4, 0.5) is 0 Å². The van der Waals surface area contributed by atoms with Crippen molar-refractivity contribution in [3.63, 3.8) is 0 Å². The van der Waals surface area contributed by atoms with Gasteiger partial charge in [-0.25, -0.2) is 0 Å². The Balaban J connectivity index is 2.09. The van der Waals surface area contributed by atoms with Gasteiger partial charge in [-0.1, -0.05) is 35.9 Å². The van der Waals surface area contributed by atoms with E-state index in [1.54, 1.807) is 11.3 Å². The second kappa shape index (κ2) is 4.60. The van der Waals surface area contributed by atoms with E-state index in [0.717, 1.165) is 4.88 Å². The quantitative estimate of drug-likeness (QED) is 0.837. The predicted octanol–water partition coefficient (Wildman–Crippen LogP) is 3.33. The highest BCUT2D eigenvalue weighted by atomic mass is 32.1. The van der Waals surface area contributed by atoms with Crippen molar-refractivity contribution in [3.8, 4) is 0 Å². The molecule has 1 unspecified atom stereocenters. The zero-order chi connectivity index (χ0) is 10.7. The van der Waals surface area contributed by atoms with E-state index in [1.807, 2.05) is 23.6 Å². The second-order valence-electron chi connectivity index (χ2n) is 3.72.